The molecule has 0 unspecified atom stereocenters. The van der Waals surface area contributed by atoms with E-state index in [1.54, 1.807) is 11.0 Å². The first-order valence-electron chi connectivity index (χ1n) is 7.14. The number of rotatable bonds is 1. The molecule has 2 amide bonds. The van der Waals surface area contributed by atoms with Crippen molar-refractivity contribution in [3.63, 3.8) is 0 Å². The number of phenols is 1. The van der Waals surface area contributed by atoms with Crippen molar-refractivity contribution in [2.24, 2.45) is 0 Å². The van der Waals surface area contributed by atoms with Gasteiger partial charge in [-0.05, 0) is 37.3 Å². The van der Waals surface area contributed by atoms with E-state index in [0.29, 0.717) is 18.3 Å². The quantitative estimate of drug-likeness (QED) is 0.815. The molecule has 19 heavy (non-hydrogen) atoms. The lowest BCUT2D eigenvalue weighted by atomic mass is 10.0. The SMILES string of the molecule is O=C(NC1CCCC1)N1CCCc2cccc(O)c21. The molecule has 1 aromatic rings. The number of hydrogen-bond donors (Lipinski definition) is 2. The third-order valence-electron chi connectivity index (χ3n) is 4.12. The third kappa shape index (κ3) is 2.39. The molecule has 4 nitrogen and oxygen atoms in total. The molecule has 1 aliphatic heterocycles. The van der Waals surface area contributed by atoms with Crippen molar-refractivity contribution in [1.29, 1.82) is 0 Å². The highest BCUT2D eigenvalue weighted by Gasteiger charge is 2.27. The van der Waals surface area contributed by atoms with Crippen molar-refractivity contribution < 1.29 is 9.90 Å². The van der Waals surface area contributed by atoms with E-state index < -0.39 is 0 Å². The molecular formula is C15H20N2O2. The molecule has 0 spiro atoms. The van der Waals surface area contributed by atoms with Gasteiger partial charge in [0.2, 0.25) is 0 Å². The van der Waals surface area contributed by atoms with Crippen LogP contribution in [0.5, 0.6) is 5.75 Å². The summed E-state index contributed by atoms with van der Waals surface area (Å²) in [6.07, 6.45) is 6.44. The number of para-hydroxylation sites is 1. The molecule has 0 aromatic heterocycles. The zero-order chi connectivity index (χ0) is 13.2. The number of nitrogens with zero attached hydrogens (tertiary/aromatic N) is 1. The van der Waals surface area contributed by atoms with E-state index in [9.17, 15) is 9.90 Å². The molecule has 102 valence electrons. The number of benzene rings is 1. The summed E-state index contributed by atoms with van der Waals surface area (Å²) in [7, 11) is 0. The molecule has 1 saturated carbocycles. The molecule has 1 aromatic carbocycles. The van der Waals surface area contributed by atoms with E-state index in [4.69, 9.17) is 0 Å². The van der Waals surface area contributed by atoms with Crippen LogP contribution >= 0.6 is 0 Å². The van der Waals surface area contributed by atoms with Crippen molar-refractivity contribution in [2.75, 3.05) is 11.4 Å². The summed E-state index contributed by atoms with van der Waals surface area (Å²) < 4.78 is 0. The van der Waals surface area contributed by atoms with Crippen molar-refractivity contribution in [1.82, 2.24) is 5.32 Å². The topological polar surface area (TPSA) is 52.6 Å². The fourth-order valence-electron chi connectivity index (χ4n) is 3.16. The van der Waals surface area contributed by atoms with Crippen LogP contribution in [0.25, 0.3) is 0 Å². The predicted molar refractivity (Wildman–Crippen MR) is 74.6 cm³/mol. The molecule has 0 saturated heterocycles. The number of amides is 2. The van der Waals surface area contributed by atoms with Gasteiger partial charge in [0.15, 0.2) is 0 Å². The molecular weight excluding hydrogens is 240 g/mol. The minimum Gasteiger partial charge on any atom is -0.506 e. The normalized spacial score (nSPS) is 19.3. The Labute approximate surface area is 113 Å². The highest BCUT2D eigenvalue weighted by Crippen LogP contribution is 2.35. The van der Waals surface area contributed by atoms with Crippen LogP contribution < -0.4 is 10.2 Å². The largest absolute Gasteiger partial charge is 0.506 e. The fourth-order valence-corrected chi connectivity index (χ4v) is 3.16. The van der Waals surface area contributed by atoms with Gasteiger partial charge in [-0.2, -0.15) is 0 Å². The fraction of sp³-hybridized carbons (Fsp3) is 0.533. The van der Waals surface area contributed by atoms with Gasteiger partial charge < -0.3 is 10.4 Å². The Morgan fingerprint density at radius 1 is 1.26 bits per heavy atom. The number of aryl methyl sites for hydroxylation is 1. The number of aromatic hydroxyl groups is 1. The molecule has 0 atom stereocenters. The van der Waals surface area contributed by atoms with Gasteiger partial charge in [0.05, 0.1) is 5.69 Å². The smallest absolute Gasteiger partial charge is 0.322 e. The van der Waals surface area contributed by atoms with Crippen molar-refractivity contribution in [3.8, 4) is 5.75 Å². The number of carbonyl (C=O) groups is 1. The highest BCUT2D eigenvalue weighted by molar-refractivity contribution is 5.95. The Kier molecular flexibility index (Phi) is 3.32. The van der Waals surface area contributed by atoms with E-state index in [2.05, 4.69) is 5.32 Å². The highest BCUT2D eigenvalue weighted by atomic mass is 16.3. The Balaban J connectivity index is 1.80. The van der Waals surface area contributed by atoms with Crippen LogP contribution in [0.4, 0.5) is 10.5 Å². The Morgan fingerprint density at radius 2 is 2.05 bits per heavy atom. The van der Waals surface area contributed by atoms with E-state index >= 15 is 0 Å². The lowest BCUT2D eigenvalue weighted by molar-refractivity contribution is 0.242. The Bertz CT molecular complexity index is 481. The van der Waals surface area contributed by atoms with E-state index in [0.717, 1.165) is 31.2 Å². The van der Waals surface area contributed by atoms with E-state index in [-0.39, 0.29) is 11.8 Å². The number of anilines is 1. The summed E-state index contributed by atoms with van der Waals surface area (Å²) >= 11 is 0. The molecule has 4 heteroatoms. The second-order valence-corrected chi connectivity index (χ2v) is 5.47. The van der Waals surface area contributed by atoms with Crippen LogP contribution in [0.15, 0.2) is 18.2 Å². The van der Waals surface area contributed by atoms with E-state index in [1.165, 1.54) is 12.8 Å². The second kappa shape index (κ2) is 5.11. The van der Waals surface area contributed by atoms with Crippen LogP contribution in [-0.4, -0.2) is 23.7 Å². The number of nitrogens with one attached hydrogen (secondary N) is 1. The average Bonchev–Trinajstić information content (AvgIpc) is 2.91. The molecule has 3 rings (SSSR count). The number of carbonyl (C=O) groups excluding carboxylic acids is 1. The Morgan fingerprint density at radius 3 is 2.84 bits per heavy atom. The maximum atomic E-state index is 12.4. The summed E-state index contributed by atoms with van der Waals surface area (Å²) in [4.78, 5) is 14.1. The summed E-state index contributed by atoms with van der Waals surface area (Å²) in [6, 6.07) is 5.73. The minimum atomic E-state index is -0.0608. The zero-order valence-electron chi connectivity index (χ0n) is 11.1. The van der Waals surface area contributed by atoms with Crippen LogP contribution in [-0.2, 0) is 6.42 Å². The third-order valence-corrected chi connectivity index (χ3v) is 4.12. The van der Waals surface area contributed by atoms with Crippen molar-refractivity contribution in [3.05, 3.63) is 23.8 Å². The van der Waals surface area contributed by atoms with Crippen molar-refractivity contribution in [2.45, 2.75) is 44.6 Å². The first kappa shape index (κ1) is 12.3. The average molecular weight is 260 g/mol. The molecule has 1 heterocycles. The number of urea groups is 1. The number of hydrogen-bond acceptors (Lipinski definition) is 2. The maximum Gasteiger partial charge on any atom is 0.322 e. The monoisotopic (exact) mass is 260 g/mol. The summed E-state index contributed by atoms with van der Waals surface area (Å²) in [5.74, 6) is 0.207. The van der Waals surface area contributed by atoms with Gasteiger partial charge >= 0.3 is 6.03 Å². The second-order valence-electron chi connectivity index (χ2n) is 5.47. The molecule has 2 N–H and O–H groups in total. The van der Waals surface area contributed by atoms with Gasteiger partial charge in [-0.25, -0.2) is 4.79 Å². The molecule has 2 aliphatic rings. The molecule has 1 aliphatic carbocycles. The van der Waals surface area contributed by atoms with Gasteiger partial charge in [0, 0.05) is 12.6 Å². The summed E-state index contributed by atoms with van der Waals surface area (Å²) in [5, 5.41) is 13.1. The van der Waals surface area contributed by atoms with E-state index in [1.807, 2.05) is 12.1 Å². The summed E-state index contributed by atoms with van der Waals surface area (Å²) in [6.45, 7) is 0.684. The molecule has 0 radical (unpaired) electrons. The van der Waals surface area contributed by atoms with Crippen LogP contribution in [0.2, 0.25) is 0 Å². The standard InChI is InChI=1S/C15H20N2O2/c18-13-9-3-5-11-6-4-10-17(14(11)13)15(19)16-12-7-1-2-8-12/h3,5,9,12,18H,1-2,4,6-8,10H2,(H,16,19). The lowest BCUT2D eigenvalue weighted by Crippen LogP contribution is -2.46. The minimum absolute atomic E-state index is 0.0608. The van der Waals surface area contributed by atoms with Gasteiger partial charge in [-0.1, -0.05) is 25.0 Å². The zero-order valence-corrected chi connectivity index (χ0v) is 11.1. The van der Waals surface area contributed by atoms with Gasteiger partial charge in [0.25, 0.3) is 0 Å². The first-order chi connectivity index (χ1) is 9.25. The summed E-state index contributed by atoms with van der Waals surface area (Å²) in [5.41, 5.74) is 1.76. The van der Waals surface area contributed by atoms with Crippen LogP contribution in [0.1, 0.15) is 37.7 Å². The first-order valence-corrected chi connectivity index (χ1v) is 7.14. The van der Waals surface area contributed by atoms with Gasteiger partial charge in [0.1, 0.15) is 5.75 Å². The predicted octanol–water partition coefficient (Wildman–Crippen LogP) is 2.80. The number of fused-ring (bicyclic) bond motifs is 1. The lowest BCUT2D eigenvalue weighted by Gasteiger charge is -2.31. The Hall–Kier alpha value is -1.71. The van der Waals surface area contributed by atoms with Gasteiger partial charge in [-0.3, -0.25) is 4.90 Å². The molecule has 1 fully saturated rings. The maximum absolute atomic E-state index is 12.4. The van der Waals surface area contributed by atoms with Crippen molar-refractivity contribution >= 4 is 11.7 Å². The van der Waals surface area contributed by atoms with Gasteiger partial charge in [-0.15, -0.1) is 0 Å². The van der Waals surface area contributed by atoms with Crippen LogP contribution in [0.3, 0.4) is 0 Å². The number of phenolic OH excluding ortho intramolecular Hbond substituents is 1. The van der Waals surface area contributed by atoms with Crippen LogP contribution in [0, 0.1) is 0 Å². The molecule has 0 bridgehead atoms.